The molecule has 27 heavy (non-hydrogen) atoms. The normalized spacial score (nSPS) is 10.6. The third-order valence-corrected chi connectivity index (χ3v) is 4.02. The Bertz CT molecular complexity index is 926. The highest BCUT2D eigenvalue weighted by Crippen LogP contribution is 2.27. The van der Waals surface area contributed by atoms with Crippen molar-refractivity contribution in [3.05, 3.63) is 54.4 Å². The molecule has 3 rings (SSSR count). The van der Waals surface area contributed by atoms with Gasteiger partial charge in [-0.3, -0.25) is 4.98 Å². The van der Waals surface area contributed by atoms with Crippen LogP contribution in [0.1, 0.15) is 10.4 Å². The summed E-state index contributed by atoms with van der Waals surface area (Å²) in [6.07, 6.45) is 3.24. The standard InChI is InChI=1S/C20H22N4O3/c1-24(2)15-5-6-17-16(12-15)18(8-9-21-17)23-19-7-4-14(13-22-19)20(25)27-11-10-26-3/h4-9,12-13H,10-11H2,1-3H3,(H,21,22,23). The first-order valence-electron chi connectivity index (χ1n) is 8.53. The predicted molar refractivity (Wildman–Crippen MR) is 106 cm³/mol. The van der Waals surface area contributed by atoms with Gasteiger partial charge in [-0.25, -0.2) is 9.78 Å². The number of hydrogen-bond acceptors (Lipinski definition) is 7. The van der Waals surface area contributed by atoms with Gasteiger partial charge in [-0.1, -0.05) is 0 Å². The van der Waals surface area contributed by atoms with Gasteiger partial charge in [0.25, 0.3) is 0 Å². The van der Waals surface area contributed by atoms with Crippen molar-refractivity contribution >= 4 is 34.1 Å². The van der Waals surface area contributed by atoms with E-state index in [0.29, 0.717) is 18.0 Å². The van der Waals surface area contributed by atoms with Gasteiger partial charge in [-0.2, -0.15) is 0 Å². The topological polar surface area (TPSA) is 76.6 Å². The van der Waals surface area contributed by atoms with Crippen LogP contribution in [-0.4, -0.2) is 50.4 Å². The maximum absolute atomic E-state index is 11.9. The minimum atomic E-state index is -0.420. The molecule has 2 aromatic heterocycles. The fraction of sp³-hybridized carbons (Fsp3) is 0.250. The van der Waals surface area contributed by atoms with Crippen LogP contribution in [0.2, 0.25) is 0 Å². The van der Waals surface area contributed by atoms with E-state index >= 15 is 0 Å². The van der Waals surface area contributed by atoms with E-state index < -0.39 is 5.97 Å². The number of rotatable bonds is 7. The van der Waals surface area contributed by atoms with Gasteiger partial charge in [0.15, 0.2) is 0 Å². The number of benzene rings is 1. The van der Waals surface area contributed by atoms with Crippen molar-refractivity contribution in [1.29, 1.82) is 0 Å². The number of nitrogens with one attached hydrogen (secondary N) is 1. The Balaban J connectivity index is 1.79. The average molecular weight is 366 g/mol. The molecule has 0 aliphatic rings. The number of carbonyl (C=O) groups is 1. The molecule has 0 aliphatic heterocycles. The highest BCUT2D eigenvalue weighted by Gasteiger charge is 2.09. The Kier molecular flexibility index (Phi) is 5.83. The molecular formula is C20H22N4O3. The van der Waals surface area contributed by atoms with Crippen LogP contribution in [0.3, 0.4) is 0 Å². The lowest BCUT2D eigenvalue weighted by Gasteiger charge is -2.15. The summed E-state index contributed by atoms with van der Waals surface area (Å²) < 4.78 is 9.94. The second-order valence-electron chi connectivity index (χ2n) is 6.14. The van der Waals surface area contributed by atoms with Crippen molar-refractivity contribution in [2.24, 2.45) is 0 Å². The zero-order valence-electron chi connectivity index (χ0n) is 15.6. The molecule has 0 saturated heterocycles. The van der Waals surface area contributed by atoms with E-state index in [9.17, 15) is 4.79 Å². The highest BCUT2D eigenvalue weighted by atomic mass is 16.6. The van der Waals surface area contributed by atoms with E-state index in [1.807, 2.05) is 37.2 Å². The number of ether oxygens (including phenoxy) is 2. The van der Waals surface area contributed by atoms with Gasteiger partial charge in [0.2, 0.25) is 0 Å². The fourth-order valence-electron chi connectivity index (χ4n) is 2.55. The Morgan fingerprint density at radius 2 is 1.96 bits per heavy atom. The van der Waals surface area contributed by atoms with E-state index in [1.165, 1.54) is 6.20 Å². The van der Waals surface area contributed by atoms with E-state index in [2.05, 4.69) is 21.4 Å². The number of hydrogen-bond donors (Lipinski definition) is 1. The summed E-state index contributed by atoms with van der Waals surface area (Å²) in [6.45, 7) is 0.579. The average Bonchev–Trinajstić information content (AvgIpc) is 2.68. The number of carbonyl (C=O) groups excluding carboxylic acids is 1. The summed E-state index contributed by atoms with van der Waals surface area (Å²) in [7, 11) is 5.55. The lowest BCUT2D eigenvalue weighted by atomic mass is 10.1. The first kappa shape index (κ1) is 18.6. The first-order chi connectivity index (χ1) is 13.1. The van der Waals surface area contributed by atoms with Crippen LogP contribution in [0.25, 0.3) is 10.9 Å². The van der Waals surface area contributed by atoms with E-state index in [0.717, 1.165) is 22.3 Å². The minimum Gasteiger partial charge on any atom is -0.460 e. The van der Waals surface area contributed by atoms with Crippen molar-refractivity contribution in [2.45, 2.75) is 0 Å². The smallest absolute Gasteiger partial charge is 0.339 e. The lowest BCUT2D eigenvalue weighted by molar-refractivity contribution is 0.0387. The minimum absolute atomic E-state index is 0.215. The van der Waals surface area contributed by atoms with Gasteiger partial charge in [0.1, 0.15) is 12.4 Å². The maximum atomic E-state index is 11.9. The van der Waals surface area contributed by atoms with Crippen LogP contribution < -0.4 is 10.2 Å². The lowest BCUT2D eigenvalue weighted by Crippen LogP contribution is -2.10. The zero-order chi connectivity index (χ0) is 19.2. The van der Waals surface area contributed by atoms with Gasteiger partial charge < -0.3 is 19.7 Å². The summed E-state index contributed by atoms with van der Waals surface area (Å²) in [5, 5.41) is 4.28. The zero-order valence-corrected chi connectivity index (χ0v) is 15.6. The SMILES string of the molecule is COCCOC(=O)c1ccc(Nc2ccnc3ccc(N(C)C)cc23)nc1. The number of nitrogens with zero attached hydrogens (tertiary/aromatic N) is 3. The second-order valence-corrected chi connectivity index (χ2v) is 6.14. The molecule has 0 radical (unpaired) electrons. The van der Waals surface area contributed by atoms with E-state index in [-0.39, 0.29) is 6.61 Å². The molecular weight excluding hydrogens is 344 g/mol. The molecule has 0 unspecified atom stereocenters. The van der Waals surface area contributed by atoms with Crippen LogP contribution in [0.4, 0.5) is 17.2 Å². The Morgan fingerprint density at radius 1 is 1.11 bits per heavy atom. The molecule has 0 aliphatic carbocycles. The summed E-state index contributed by atoms with van der Waals surface area (Å²) in [5.74, 6) is 0.210. The molecule has 3 aromatic rings. The van der Waals surface area contributed by atoms with Gasteiger partial charge in [0, 0.05) is 44.7 Å². The highest BCUT2D eigenvalue weighted by molar-refractivity contribution is 5.95. The number of methoxy groups -OCH3 is 1. The van der Waals surface area contributed by atoms with Crippen molar-refractivity contribution in [2.75, 3.05) is 44.6 Å². The van der Waals surface area contributed by atoms with Gasteiger partial charge in [0.05, 0.1) is 23.4 Å². The molecule has 2 heterocycles. The second kappa shape index (κ2) is 8.46. The van der Waals surface area contributed by atoms with Crippen molar-refractivity contribution < 1.29 is 14.3 Å². The quantitative estimate of drug-likeness (QED) is 0.508. The molecule has 0 saturated carbocycles. The van der Waals surface area contributed by atoms with Gasteiger partial charge >= 0.3 is 5.97 Å². The fourth-order valence-corrected chi connectivity index (χ4v) is 2.55. The number of anilines is 3. The van der Waals surface area contributed by atoms with Crippen LogP contribution in [0, 0.1) is 0 Å². The molecule has 1 aromatic carbocycles. The van der Waals surface area contributed by atoms with Gasteiger partial charge in [-0.15, -0.1) is 0 Å². The predicted octanol–water partition coefficient (Wildman–Crippen LogP) is 3.24. The molecule has 0 atom stereocenters. The van der Waals surface area contributed by atoms with Crippen molar-refractivity contribution in [3.63, 3.8) is 0 Å². The molecule has 0 bridgehead atoms. The first-order valence-corrected chi connectivity index (χ1v) is 8.53. The molecule has 0 spiro atoms. The molecule has 140 valence electrons. The third-order valence-electron chi connectivity index (χ3n) is 4.02. The van der Waals surface area contributed by atoms with Crippen molar-refractivity contribution in [1.82, 2.24) is 9.97 Å². The number of fused-ring (bicyclic) bond motifs is 1. The molecule has 0 fully saturated rings. The Hall–Kier alpha value is -3.19. The number of aromatic nitrogens is 2. The summed E-state index contributed by atoms with van der Waals surface area (Å²) in [4.78, 5) is 22.7. The van der Waals surface area contributed by atoms with Crippen LogP contribution in [0.5, 0.6) is 0 Å². The summed E-state index contributed by atoms with van der Waals surface area (Å²) >= 11 is 0. The summed E-state index contributed by atoms with van der Waals surface area (Å²) in [5.41, 5.74) is 3.27. The van der Waals surface area contributed by atoms with Crippen LogP contribution in [-0.2, 0) is 9.47 Å². The Labute approximate surface area is 157 Å². The van der Waals surface area contributed by atoms with Crippen LogP contribution in [0.15, 0.2) is 48.8 Å². The summed E-state index contributed by atoms with van der Waals surface area (Å²) in [6, 6.07) is 11.4. The Morgan fingerprint density at radius 3 is 2.67 bits per heavy atom. The number of pyridine rings is 2. The van der Waals surface area contributed by atoms with Gasteiger partial charge in [-0.05, 0) is 36.4 Å². The largest absolute Gasteiger partial charge is 0.460 e. The molecule has 1 N–H and O–H groups in total. The third kappa shape index (κ3) is 4.51. The molecule has 0 amide bonds. The van der Waals surface area contributed by atoms with Crippen molar-refractivity contribution in [3.8, 4) is 0 Å². The van der Waals surface area contributed by atoms with E-state index in [4.69, 9.17) is 9.47 Å². The molecule has 7 nitrogen and oxygen atoms in total. The van der Waals surface area contributed by atoms with Crippen LogP contribution >= 0.6 is 0 Å². The van der Waals surface area contributed by atoms with E-state index in [1.54, 1.807) is 25.4 Å². The molecule has 7 heteroatoms. The number of esters is 1. The maximum Gasteiger partial charge on any atom is 0.339 e. The monoisotopic (exact) mass is 366 g/mol.